The van der Waals surface area contributed by atoms with Gasteiger partial charge in [-0.15, -0.1) is 13.2 Å². The highest BCUT2D eigenvalue weighted by molar-refractivity contribution is 5.36. The zero-order chi connectivity index (χ0) is 12.0. The van der Waals surface area contributed by atoms with Crippen molar-refractivity contribution in [2.75, 3.05) is 0 Å². The Kier molecular flexibility index (Phi) is 4.08. The number of benzene rings is 1. The molecular weight excluding hydrogens is 194 g/mol. The summed E-state index contributed by atoms with van der Waals surface area (Å²) in [5.41, 5.74) is 0.495. The third-order valence-electron chi connectivity index (χ3n) is 3.12. The summed E-state index contributed by atoms with van der Waals surface area (Å²) in [6, 6.07) is 12.3. The van der Waals surface area contributed by atoms with Gasteiger partial charge in [0.1, 0.15) is 0 Å². The van der Waals surface area contributed by atoms with E-state index in [-0.39, 0.29) is 5.92 Å². The van der Waals surface area contributed by atoms with Crippen molar-refractivity contribution in [3.05, 3.63) is 61.2 Å². The van der Waals surface area contributed by atoms with Crippen LogP contribution in [0.2, 0.25) is 0 Å². The van der Waals surface area contributed by atoms with Gasteiger partial charge in [-0.25, -0.2) is 0 Å². The van der Waals surface area contributed by atoms with Crippen LogP contribution in [0, 0.1) is 17.2 Å². The van der Waals surface area contributed by atoms with Crippen molar-refractivity contribution in [3.63, 3.8) is 0 Å². The number of rotatable bonds is 5. The van der Waals surface area contributed by atoms with Gasteiger partial charge in [0.05, 0.1) is 11.5 Å². The second-order valence-corrected chi connectivity index (χ2v) is 3.80. The molecule has 1 atom stereocenters. The Morgan fingerprint density at radius 1 is 1.31 bits per heavy atom. The molecule has 0 radical (unpaired) electrons. The molecule has 1 heteroatoms. The maximum absolute atomic E-state index is 9.52. The zero-order valence-corrected chi connectivity index (χ0v) is 9.69. The Balaban J connectivity index is 3.32. The summed E-state index contributed by atoms with van der Waals surface area (Å²) < 4.78 is 0. The van der Waals surface area contributed by atoms with Gasteiger partial charge in [-0.05, 0) is 12.0 Å². The molecule has 0 amide bonds. The molecule has 1 unspecified atom stereocenters. The van der Waals surface area contributed by atoms with Gasteiger partial charge in [0.25, 0.3) is 0 Å². The molecule has 0 aliphatic carbocycles. The second-order valence-electron chi connectivity index (χ2n) is 3.80. The first-order chi connectivity index (χ1) is 7.75. The van der Waals surface area contributed by atoms with E-state index in [0.29, 0.717) is 0 Å². The average Bonchev–Trinajstić information content (AvgIpc) is 2.37. The van der Waals surface area contributed by atoms with Crippen LogP contribution in [0.1, 0.15) is 18.9 Å². The average molecular weight is 211 g/mol. The van der Waals surface area contributed by atoms with E-state index in [0.717, 1.165) is 12.0 Å². The highest BCUT2D eigenvalue weighted by atomic mass is 14.4. The fourth-order valence-electron chi connectivity index (χ4n) is 2.08. The third-order valence-corrected chi connectivity index (χ3v) is 3.12. The summed E-state index contributed by atoms with van der Waals surface area (Å²) in [4.78, 5) is 0. The fraction of sp³-hybridized carbons (Fsp3) is 0.267. The first kappa shape index (κ1) is 12.3. The van der Waals surface area contributed by atoms with Crippen LogP contribution < -0.4 is 0 Å². The van der Waals surface area contributed by atoms with Crippen molar-refractivity contribution in [3.8, 4) is 6.07 Å². The topological polar surface area (TPSA) is 23.8 Å². The van der Waals surface area contributed by atoms with E-state index in [1.807, 2.05) is 37.3 Å². The van der Waals surface area contributed by atoms with E-state index in [1.165, 1.54) is 0 Å². The van der Waals surface area contributed by atoms with E-state index >= 15 is 0 Å². The predicted molar refractivity (Wildman–Crippen MR) is 67.9 cm³/mol. The molecule has 0 saturated heterocycles. The molecule has 0 fully saturated rings. The first-order valence-corrected chi connectivity index (χ1v) is 5.47. The number of hydrogen-bond acceptors (Lipinski definition) is 1. The molecule has 1 rings (SSSR count). The molecule has 0 bridgehead atoms. The largest absolute Gasteiger partial charge is 0.197 e. The maximum Gasteiger partial charge on any atom is 0.0916 e. The molecule has 0 aromatic heterocycles. The molecule has 0 heterocycles. The molecule has 0 aliphatic heterocycles. The molecule has 82 valence electrons. The maximum atomic E-state index is 9.52. The molecule has 1 nitrogen and oxygen atoms in total. The molecule has 16 heavy (non-hydrogen) atoms. The smallest absolute Gasteiger partial charge is 0.0916 e. The SMILES string of the molecule is C=CC(C=C)C(C#N)(CC)c1ccccc1. The van der Waals surface area contributed by atoms with Gasteiger partial charge >= 0.3 is 0 Å². The van der Waals surface area contributed by atoms with Crippen LogP contribution in [0.15, 0.2) is 55.6 Å². The summed E-state index contributed by atoms with van der Waals surface area (Å²) in [6.45, 7) is 9.62. The van der Waals surface area contributed by atoms with Crippen molar-refractivity contribution in [1.29, 1.82) is 5.26 Å². The number of hydrogen-bond donors (Lipinski definition) is 0. The minimum atomic E-state index is -0.537. The van der Waals surface area contributed by atoms with Crippen LogP contribution in [-0.4, -0.2) is 0 Å². The Morgan fingerprint density at radius 2 is 1.88 bits per heavy atom. The molecular formula is C15H17N. The summed E-state index contributed by atoms with van der Waals surface area (Å²) in [5, 5.41) is 9.52. The van der Waals surface area contributed by atoms with Crippen molar-refractivity contribution < 1.29 is 0 Å². The van der Waals surface area contributed by atoms with Crippen LogP contribution in [0.3, 0.4) is 0 Å². The summed E-state index contributed by atoms with van der Waals surface area (Å²) in [7, 11) is 0. The van der Waals surface area contributed by atoms with Crippen LogP contribution in [-0.2, 0) is 5.41 Å². The normalized spacial score (nSPS) is 13.8. The lowest BCUT2D eigenvalue weighted by Crippen LogP contribution is -2.30. The van der Waals surface area contributed by atoms with Crippen molar-refractivity contribution >= 4 is 0 Å². The lowest BCUT2D eigenvalue weighted by Gasteiger charge is -2.30. The summed E-state index contributed by atoms with van der Waals surface area (Å²) in [6.07, 6.45) is 4.34. The van der Waals surface area contributed by atoms with E-state index in [1.54, 1.807) is 12.2 Å². The Labute approximate surface area is 97.7 Å². The highest BCUT2D eigenvalue weighted by Crippen LogP contribution is 2.36. The zero-order valence-electron chi connectivity index (χ0n) is 9.69. The highest BCUT2D eigenvalue weighted by Gasteiger charge is 2.35. The monoisotopic (exact) mass is 211 g/mol. The lowest BCUT2D eigenvalue weighted by molar-refractivity contribution is 0.454. The number of nitriles is 1. The van der Waals surface area contributed by atoms with E-state index in [4.69, 9.17) is 0 Å². The van der Waals surface area contributed by atoms with E-state index in [9.17, 15) is 5.26 Å². The predicted octanol–water partition coefficient (Wildman–Crippen LogP) is 3.85. The number of nitrogens with zero attached hydrogens (tertiary/aromatic N) is 1. The van der Waals surface area contributed by atoms with Gasteiger partial charge in [0.2, 0.25) is 0 Å². The van der Waals surface area contributed by atoms with Gasteiger partial charge < -0.3 is 0 Å². The molecule has 1 aromatic carbocycles. The van der Waals surface area contributed by atoms with Gasteiger partial charge in [-0.2, -0.15) is 5.26 Å². The standard InChI is InChI=1S/C15H17N/c1-4-13(5-2)15(6-3,12-16)14-10-8-7-9-11-14/h4-5,7-11,13H,1-2,6H2,3H3. The third kappa shape index (κ3) is 1.92. The first-order valence-electron chi connectivity index (χ1n) is 5.47. The summed E-state index contributed by atoms with van der Waals surface area (Å²) in [5.74, 6) is -0.0232. The van der Waals surface area contributed by atoms with E-state index in [2.05, 4.69) is 19.2 Å². The van der Waals surface area contributed by atoms with Gasteiger partial charge in [-0.1, -0.05) is 49.4 Å². The van der Waals surface area contributed by atoms with E-state index < -0.39 is 5.41 Å². The minimum Gasteiger partial charge on any atom is -0.197 e. The van der Waals surface area contributed by atoms with Gasteiger partial charge in [0.15, 0.2) is 0 Å². The molecule has 1 aromatic rings. The molecule has 0 spiro atoms. The minimum absolute atomic E-state index is 0.0232. The number of allylic oxidation sites excluding steroid dienone is 2. The molecule has 0 saturated carbocycles. The Morgan fingerprint density at radius 3 is 2.25 bits per heavy atom. The fourth-order valence-corrected chi connectivity index (χ4v) is 2.08. The quantitative estimate of drug-likeness (QED) is 0.679. The van der Waals surface area contributed by atoms with Crippen molar-refractivity contribution in [1.82, 2.24) is 0 Å². The second kappa shape index (κ2) is 5.32. The van der Waals surface area contributed by atoms with Gasteiger partial charge in [-0.3, -0.25) is 0 Å². The molecule has 0 N–H and O–H groups in total. The van der Waals surface area contributed by atoms with Crippen LogP contribution in [0.5, 0.6) is 0 Å². The lowest BCUT2D eigenvalue weighted by atomic mass is 9.69. The van der Waals surface area contributed by atoms with Crippen LogP contribution >= 0.6 is 0 Å². The van der Waals surface area contributed by atoms with Crippen LogP contribution in [0.4, 0.5) is 0 Å². The van der Waals surface area contributed by atoms with Crippen LogP contribution in [0.25, 0.3) is 0 Å². The van der Waals surface area contributed by atoms with Crippen molar-refractivity contribution in [2.45, 2.75) is 18.8 Å². The molecule has 0 aliphatic rings. The summed E-state index contributed by atoms with van der Waals surface area (Å²) >= 11 is 0. The van der Waals surface area contributed by atoms with Gasteiger partial charge in [0, 0.05) is 5.92 Å². The van der Waals surface area contributed by atoms with Crippen molar-refractivity contribution in [2.24, 2.45) is 5.92 Å². The Hall–Kier alpha value is -1.81. The Bertz CT molecular complexity index is 391.